The topological polar surface area (TPSA) is 9.23 Å². The fourth-order valence-corrected chi connectivity index (χ4v) is 5.98. The molecule has 0 aliphatic rings. The Hall–Kier alpha value is -1.47. The fourth-order valence-electron chi connectivity index (χ4n) is 2.68. The Bertz CT molecular complexity index is 590. The first-order valence-electron chi connectivity index (χ1n) is 6.99. The van der Waals surface area contributed by atoms with Crippen molar-refractivity contribution in [3.63, 3.8) is 0 Å². The van der Waals surface area contributed by atoms with Gasteiger partial charge in [-0.1, -0.05) is 91.0 Å². The molecule has 0 aliphatic carbocycles. The van der Waals surface area contributed by atoms with Crippen molar-refractivity contribution in [1.29, 1.82) is 0 Å². The van der Waals surface area contributed by atoms with Gasteiger partial charge in [0.1, 0.15) is 0 Å². The van der Waals surface area contributed by atoms with Crippen LogP contribution in [0, 0.1) is 0 Å². The molecule has 0 saturated carbocycles. The Kier molecular flexibility index (Phi) is 5.90. The predicted octanol–water partition coefficient (Wildman–Crippen LogP) is 4.12. The zero-order chi connectivity index (χ0) is 14.5. The molecular formula is C19H19BrOP. The van der Waals surface area contributed by atoms with Gasteiger partial charge in [0.15, 0.2) is 0 Å². The Labute approximate surface area is 143 Å². The van der Waals surface area contributed by atoms with Gasteiger partial charge in [0.2, 0.25) is 0 Å². The van der Waals surface area contributed by atoms with Crippen molar-refractivity contribution in [2.45, 2.75) is 0 Å². The molecule has 0 atom stereocenters. The molecule has 0 heterocycles. The molecule has 0 spiro atoms. The molecular weight excluding hydrogens is 355 g/mol. The maximum Gasteiger partial charge on any atom is 0.0700 e. The van der Waals surface area contributed by atoms with Gasteiger partial charge in [0.05, 0.1) is 7.49 Å². The first-order valence-corrected chi connectivity index (χ1v) is 8.70. The van der Waals surface area contributed by atoms with E-state index in [2.05, 4.69) is 72.8 Å². The second kappa shape index (κ2) is 7.69. The Morgan fingerprint density at radius 2 is 0.818 bits per heavy atom. The first-order chi connectivity index (χ1) is 10.4. The second-order valence-electron chi connectivity index (χ2n) is 4.80. The largest absolute Gasteiger partial charge is 0.355 e. The van der Waals surface area contributed by atoms with Crippen molar-refractivity contribution in [2.24, 2.45) is 0 Å². The summed E-state index contributed by atoms with van der Waals surface area (Å²) in [5, 5.41) is 3.72. The lowest BCUT2D eigenvalue weighted by Crippen LogP contribution is -2.32. The van der Waals surface area contributed by atoms with E-state index in [4.69, 9.17) is 4.52 Å². The van der Waals surface area contributed by atoms with Gasteiger partial charge in [0, 0.05) is 23.0 Å². The number of halogens is 1. The van der Waals surface area contributed by atoms with Gasteiger partial charge in [-0.3, -0.25) is 0 Å². The fraction of sp³-hybridized carbons (Fsp3) is 0.0526. The van der Waals surface area contributed by atoms with Gasteiger partial charge in [-0.25, -0.2) is 0 Å². The molecule has 0 unspecified atom stereocenters. The lowest BCUT2D eigenvalue weighted by molar-refractivity contribution is 0.466. The minimum absolute atomic E-state index is 0. The zero-order valence-electron chi connectivity index (χ0n) is 12.4. The van der Waals surface area contributed by atoms with Gasteiger partial charge in [-0.15, -0.1) is 17.0 Å². The van der Waals surface area contributed by atoms with E-state index in [1.807, 2.05) is 25.3 Å². The molecule has 0 bridgehead atoms. The Morgan fingerprint density at radius 1 is 0.545 bits per heavy atom. The van der Waals surface area contributed by atoms with Crippen LogP contribution in [0.25, 0.3) is 0 Å². The zero-order valence-corrected chi connectivity index (χ0v) is 15.0. The summed E-state index contributed by atoms with van der Waals surface area (Å²) in [7, 11) is -0.214. The van der Waals surface area contributed by atoms with Gasteiger partial charge >= 0.3 is 0 Å². The van der Waals surface area contributed by atoms with E-state index >= 15 is 0 Å². The number of hydrogen-bond donors (Lipinski definition) is 0. The summed E-state index contributed by atoms with van der Waals surface area (Å²) >= 11 is 0. The van der Waals surface area contributed by atoms with Gasteiger partial charge in [-0.05, 0) is 0 Å². The van der Waals surface area contributed by atoms with Gasteiger partial charge in [-0.2, -0.15) is 0 Å². The molecule has 0 N–H and O–H groups in total. The highest BCUT2D eigenvalue weighted by atomic mass is 79.9. The van der Waals surface area contributed by atoms with E-state index in [1.54, 1.807) is 0 Å². The number of hydrogen-bond acceptors (Lipinski definition) is 1. The van der Waals surface area contributed by atoms with Crippen molar-refractivity contribution in [1.82, 2.24) is 0 Å². The van der Waals surface area contributed by atoms with Gasteiger partial charge < -0.3 is 4.52 Å². The van der Waals surface area contributed by atoms with E-state index in [0.717, 1.165) is 0 Å². The summed E-state index contributed by atoms with van der Waals surface area (Å²) < 4.78 is 6.21. The molecule has 0 fully saturated rings. The highest BCUT2D eigenvalue weighted by Crippen LogP contribution is 2.55. The SMILES string of the molecule is Br.CO[P](c1ccccc1)(c1ccccc1)c1ccccc1. The molecule has 3 aromatic carbocycles. The van der Waals surface area contributed by atoms with Crippen molar-refractivity contribution in [3.8, 4) is 0 Å². The van der Waals surface area contributed by atoms with Crippen molar-refractivity contribution < 1.29 is 4.52 Å². The van der Waals surface area contributed by atoms with Crippen molar-refractivity contribution in [2.75, 3.05) is 7.11 Å². The monoisotopic (exact) mass is 373 g/mol. The van der Waals surface area contributed by atoms with Crippen LogP contribution in [-0.4, -0.2) is 7.11 Å². The molecule has 22 heavy (non-hydrogen) atoms. The quantitative estimate of drug-likeness (QED) is 0.625. The average molecular weight is 374 g/mol. The highest BCUT2D eigenvalue weighted by Gasteiger charge is 2.33. The second-order valence-corrected chi connectivity index (χ2v) is 7.93. The van der Waals surface area contributed by atoms with Crippen molar-refractivity contribution >= 4 is 40.4 Å². The Balaban J connectivity index is 0.00000176. The minimum atomic E-state index is -2.03. The van der Waals surface area contributed by atoms with Crippen LogP contribution in [0.1, 0.15) is 0 Å². The first kappa shape index (κ1) is 16.9. The standard InChI is InChI=1S/C19H18OP.BrH/c1-20-21(17-11-5-2-6-12-17,18-13-7-3-8-14-18)19-15-9-4-10-16-19;/h2-16H,1H3;1H. The minimum Gasteiger partial charge on any atom is -0.355 e. The van der Waals surface area contributed by atoms with Crippen molar-refractivity contribution in [3.05, 3.63) is 91.0 Å². The molecule has 3 aromatic rings. The molecule has 0 saturated heterocycles. The third kappa shape index (κ3) is 3.01. The predicted molar refractivity (Wildman–Crippen MR) is 102 cm³/mol. The van der Waals surface area contributed by atoms with E-state index in [-0.39, 0.29) is 17.0 Å². The summed E-state index contributed by atoms with van der Waals surface area (Å²) in [6, 6.07) is 31.6. The number of rotatable bonds is 4. The maximum absolute atomic E-state index is 6.21. The lowest BCUT2D eigenvalue weighted by atomic mass is 10.4. The maximum atomic E-state index is 6.21. The molecule has 3 heteroatoms. The summed E-state index contributed by atoms with van der Waals surface area (Å²) in [6.07, 6.45) is 0. The lowest BCUT2D eigenvalue weighted by Gasteiger charge is -2.36. The van der Waals surface area contributed by atoms with Crippen LogP contribution in [0.3, 0.4) is 0 Å². The third-order valence-corrected chi connectivity index (χ3v) is 7.26. The van der Waals surface area contributed by atoms with Crippen LogP contribution in [0.15, 0.2) is 91.0 Å². The van der Waals surface area contributed by atoms with Crippen LogP contribution in [-0.2, 0) is 4.52 Å². The van der Waals surface area contributed by atoms with E-state index in [1.165, 1.54) is 15.9 Å². The van der Waals surface area contributed by atoms with E-state index in [0.29, 0.717) is 0 Å². The highest BCUT2D eigenvalue weighted by molar-refractivity contribution is 8.93. The molecule has 3 rings (SSSR count). The average Bonchev–Trinajstić information content (AvgIpc) is 2.59. The third-order valence-electron chi connectivity index (χ3n) is 3.63. The van der Waals surface area contributed by atoms with Gasteiger partial charge in [0.25, 0.3) is 0 Å². The van der Waals surface area contributed by atoms with E-state index in [9.17, 15) is 0 Å². The van der Waals surface area contributed by atoms with Crippen LogP contribution in [0.4, 0.5) is 0 Å². The Morgan fingerprint density at radius 3 is 1.05 bits per heavy atom. The molecule has 1 radical (unpaired) electrons. The summed E-state index contributed by atoms with van der Waals surface area (Å²) in [4.78, 5) is 0. The van der Waals surface area contributed by atoms with Crippen LogP contribution < -0.4 is 15.9 Å². The van der Waals surface area contributed by atoms with Crippen LogP contribution >= 0.6 is 24.5 Å². The number of benzene rings is 3. The molecule has 0 aromatic heterocycles. The summed E-state index contributed by atoms with van der Waals surface area (Å²) in [6.45, 7) is 0. The van der Waals surface area contributed by atoms with E-state index < -0.39 is 7.49 Å². The molecule has 113 valence electrons. The van der Waals surface area contributed by atoms with Crippen LogP contribution in [0.2, 0.25) is 0 Å². The summed E-state index contributed by atoms with van der Waals surface area (Å²) in [5.74, 6) is 0. The summed E-state index contributed by atoms with van der Waals surface area (Å²) in [5.41, 5.74) is 0. The molecule has 0 aliphatic heterocycles. The van der Waals surface area contributed by atoms with Crippen LogP contribution in [0.5, 0.6) is 0 Å². The normalized spacial score (nSPS) is 10.8. The smallest absolute Gasteiger partial charge is 0.0700 e. The molecule has 1 nitrogen and oxygen atoms in total. The molecule has 0 amide bonds.